The van der Waals surface area contributed by atoms with Crippen LogP contribution in [0.3, 0.4) is 0 Å². The van der Waals surface area contributed by atoms with Gasteiger partial charge in [-0.15, -0.1) is 0 Å². The molecular weight excluding hydrogens is 280 g/mol. The highest BCUT2D eigenvalue weighted by Gasteiger charge is 2.23. The number of nitro groups is 2. The van der Waals surface area contributed by atoms with Gasteiger partial charge in [0.2, 0.25) is 0 Å². The first-order valence-electron chi connectivity index (χ1n) is 6.08. The van der Waals surface area contributed by atoms with Crippen molar-refractivity contribution in [3.05, 3.63) is 56.1 Å². The first kappa shape index (κ1) is 16.3. The summed E-state index contributed by atoms with van der Waals surface area (Å²) in [5.41, 5.74) is -0.351. The van der Waals surface area contributed by atoms with Gasteiger partial charge in [0.15, 0.2) is 0 Å². The number of esters is 1. The predicted octanol–water partition coefficient (Wildman–Crippen LogP) is 2.55. The third-order valence-electron chi connectivity index (χ3n) is 2.67. The smallest absolute Gasteiger partial charge is 0.333 e. The summed E-state index contributed by atoms with van der Waals surface area (Å²) < 4.78 is 4.85. The summed E-state index contributed by atoms with van der Waals surface area (Å²) in [6.07, 6.45) is 0.307. The van der Waals surface area contributed by atoms with E-state index in [1.807, 2.05) is 0 Å². The summed E-state index contributed by atoms with van der Waals surface area (Å²) in [5.74, 6) is -0.563. The van der Waals surface area contributed by atoms with Gasteiger partial charge in [-0.1, -0.05) is 6.58 Å². The molecule has 112 valence electrons. The quantitative estimate of drug-likeness (QED) is 0.251. The van der Waals surface area contributed by atoms with Gasteiger partial charge < -0.3 is 4.74 Å². The minimum Gasteiger partial charge on any atom is -0.462 e. The van der Waals surface area contributed by atoms with Crippen LogP contribution in [0.15, 0.2) is 30.4 Å². The van der Waals surface area contributed by atoms with Gasteiger partial charge in [-0.05, 0) is 25.8 Å². The maximum absolute atomic E-state index is 11.2. The topological polar surface area (TPSA) is 113 Å². The van der Waals surface area contributed by atoms with Crippen molar-refractivity contribution in [3.8, 4) is 0 Å². The molecule has 1 rings (SSSR count). The Morgan fingerprint density at radius 2 is 1.76 bits per heavy atom. The van der Waals surface area contributed by atoms with Crippen molar-refractivity contribution in [2.24, 2.45) is 0 Å². The van der Waals surface area contributed by atoms with Gasteiger partial charge in [-0.25, -0.2) is 4.79 Å². The number of carbonyl (C=O) groups is 1. The molecule has 1 aromatic rings. The third kappa shape index (κ3) is 4.37. The second kappa shape index (κ2) is 7.13. The predicted molar refractivity (Wildman–Crippen MR) is 73.8 cm³/mol. The second-order valence-electron chi connectivity index (χ2n) is 4.31. The van der Waals surface area contributed by atoms with E-state index in [2.05, 4.69) is 6.58 Å². The number of nitro benzene ring substituents is 2. The maximum Gasteiger partial charge on any atom is 0.333 e. The van der Waals surface area contributed by atoms with Crippen molar-refractivity contribution in [2.45, 2.75) is 19.8 Å². The van der Waals surface area contributed by atoms with Crippen molar-refractivity contribution in [1.29, 1.82) is 0 Å². The van der Waals surface area contributed by atoms with Gasteiger partial charge >= 0.3 is 5.97 Å². The van der Waals surface area contributed by atoms with Crippen LogP contribution >= 0.6 is 0 Å². The molecule has 0 aliphatic carbocycles. The largest absolute Gasteiger partial charge is 0.462 e. The number of hydrogen-bond donors (Lipinski definition) is 0. The zero-order valence-electron chi connectivity index (χ0n) is 11.4. The average Bonchev–Trinajstić information content (AvgIpc) is 2.42. The minimum absolute atomic E-state index is 0.00883. The molecule has 8 heteroatoms. The van der Waals surface area contributed by atoms with E-state index in [0.29, 0.717) is 0 Å². The van der Waals surface area contributed by atoms with Gasteiger partial charge in [0.1, 0.15) is 5.56 Å². The molecule has 0 amide bonds. The van der Waals surface area contributed by atoms with E-state index in [0.717, 1.165) is 0 Å². The van der Waals surface area contributed by atoms with Crippen molar-refractivity contribution < 1.29 is 19.4 Å². The summed E-state index contributed by atoms with van der Waals surface area (Å²) in [6, 6.07) is 3.69. The Bertz CT molecular complexity index is 564. The molecule has 0 spiro atoms. The number of benzene rings is 1. The highest BCUT2D eigenvalue weighted by molar-refractivity contribution is 5.86. The van der Waals surface area contributed by atoms with Crippen LogP contribution in [0.5, 0.6) is 0 Å². The maximum atomic E-state index is 11.2. The van der Waals surface area contributed by atoms with Gasteiger partial charge in [0.25, 0.3) is 11.4 Å². The van der Waals surface area contributed by atoms with Gasteiger partial charge in [0.05, 0.1) is 16.5 Å². The van der Waals surface area contributed by atoms with Crippen molar-refractivity contribution >= 4 is 17.3 Å². The summed E-state index contributed by atoms with van der Waals surface area (Å²) in [4.78, 5) is 31.7. The average molecular weight is 294 g/mol. The molecule has 0 aliphatic heterocycles. The highest BCUT2D eigenvalue weighted by Crippen LogP contribution is 2.29. The van der Waals surface area contributed by atoms with E-state index in [4.69, 9.17) is 4.74 Å². The molecule has 1 aromatic carbocycles. The normalized spacial score (nSPS) is 9.95. The molecule has 8 nitrogen and oxygen atoms in total. The SMILES string of the molecule is C=C(C)C(=O)OCCCc1c([N+](=O)[O-])cccc1[N+](=O)[O-]. The molecule has 0 fully saturated rings. The fraction of sp³-hybridized carbons (Fsp3) is 0.308. The molecule has 0 radical (unpaired) electrons. The lowest BCUT2D eigenvalue weighted by molar-refractivity contribution is -0.395. The number of ether oxygens (including phenoxy) is 1. The van der Waals surface area contributed by atoms with Crippen LogP contribution in [0.4, 0.5) is 11.4 Å². The Balaban J connectivity index is 2.81. The molecule has 0 N–H and O–H groups in total. The lowest BCUT2D eigenvalue weighted by atomic mass is 10.1. The van der Waals surface area contributed by atoms with Crippen LogP contribution in [0.25, 0.3) is 0 Å². The zero-order valence-corrected chi connectivity index (χ0v) is 11.4. The van der Waals surface area contributed by atoms with Crippen molar-refractivity contribution in [3.63, 3.8) is 0 Å². The highest BCUT2D eigenvalue weighted by atomic mass is 16.6. The molecule has 0 saturated carbocycles. The Hall–Kier alpha value is -2.77. The van der Waals surface area contributed by atoms with Crippen LogP contribution in [0, 0.1) is 20.2 Å². The number of carbonyl (C=O) groups excluding carboxylic acids is 1. The van der Waals surface area contributed by atoms with E-state index in [1.54, 1.807) is 0 Å². The molecule has 0 aliphatic rings. The monoisotopic (exact) mass is 294 g/mol. The summed E-state index contributed by atoms with van der Waals surface area (Å²) in [5, 5.41) is 21.8. The van der Waals surface area contributed by atoms with Gasteiger partial charge in [-0.3, -0.25) is 20.2 Å². The van der Waals surface area contributed by atoms with Crippen LogP contribution in [-0.2, 0) is 16.0 Å². The van der Waals surface area contributed by atoms with E-state index in [1.165, 1.54) is 25.1 Å². The van der Waals surface area contributed by atoms with Crippen LogP contribution in [-0.4, -0.2) is 22.4 Å². The fourth-order valence-electron chi connectivity index (χ4n) is 1.70. The van der Waals surface area contributed by atoms with Gasteiger partial charge in [0, 0.05) is 17.7 Å². The summed E-state index contributed by atoms with van der Waals surface area (Å²) in [6.45, 7) is 4.92. The van der Waals surface area contributed by atoms with Crippen molar-refractivity contribution in [2.75, 3.05) is 6.61 Å². The molecule has 0 heterocycles. The number of nitrogens with zero attached hydrogens (tertiary/aromatic N) is 2. The Morgan fingerprint density at radius 1 is 1.24 bits per heavy atom. The zero-order chi connectivity index (χ0) is 16.0. The first-order chi connectivity index (χ1) is 9.84. The summed E-state index contributed by atoms with van der Waals surface area (Å²) in [7, 11) is 0. The Labute approximate surface area is 120 Å². The molecule has 0 bridgehead atoms. The molecule has 0 atom stereocenters. The Kier molecular flexibility index (Phi) is 5.53. The molecule has 0 saturated heterocycles. The van der Waals surface area contributed by atoms with Crippen LogP contribution in [0.1, 0.15) is 18.9 Å². The van der Waals surface area contributed by atoms with E-state index >= 15 is 0 Å². The first-order valence-corrected chi connectivity index (χ1v) is 6.08. The molecular formula is C13H14N2O6. The lowest BCUT2D eigenvalue weighted by Gasteiger charge is -2.05. The number of hydrogen-bond acceptors (Lipinski definition) is 6. The molecule has 0 unspecified atom stereocenters. The second-order valence-corrected chi connectivity index (χ2v) is 4.31. The fourth-order valence-corrected chi connectivity index (χ4v) is 1.70. The lowest BCUT2D eigenvalue weighted by Crippen LogP contribution is -2.08. The van der Waals surface area contributed by atoms with Crippen LogP contribution < -0.4 is 0 Å². The Morgan fingerprint density at radius 3 is 2.19 bits per heavy atom. The molecule has 0 aromatic heterocycles. The molecule has 21 heavy (non-hydrogen) atoms. The summed E-state index contributed by atoms with van der Waals surface area (Å²) >= 11 is 0. The standard InChI is InChI=1S/C13H14N2O6/c1-9(2)13(16)21-8-4-5-10-11(14(17)18)6-3-7-12(10)15(19)20/h3,6-7H,1,4-5,8H2,2H3. The van der Waals surface area contributed by atoms with E-state index < -0.39 is 15.8 Å². The van der Waals surface area contributed by atoms with Crippen LogP contribution in [0.2, 0.25) is 0 Å². The third-order valence-corrected chi connectivity index (χ3v) is 2.67. The van der Waals surface area contributed by atoms with E-state index in [-0.39, 0.29) is 42.0 Å². The number of rotatable bonds is 7. The van der Waals surface area contributed by atoms with Crippen molar-refractivity contribution in [1.82, 2.24) is 0 Å². The van der Waals surface area contributed by atoms with Gasteiger partial charge in [-0.2, -0.15) is 0 Å². The van der Waals surface area contributed by atoms with E-state index in [9.17, 15) is 25.0 Å². The minimum atomic E-state index is -0.664.